The Labute approximate surface area is 111 Å². The SMILES string of the molecule is Nc1cc(C(=O)O)c(F)cc1Oc1cccc(F)c1F. The van der Waals surface area contributed by atoms with Crippen molar-refractivity contribution in [1.29, 1.82) is 0 Å². The molecule has 0 aliphatic carbocycles. The van der Waals surface area contributed by atoms with Gasteiger partial charge in [-0.15, -0.1) is 0 Å². The van der Waals surface area contributed by atoms with E-state index >= 15 is 0 Å². The fourth-order valence-corrected chi connectivity index (χ4v) is 1.51. The summed E-state index contributed by atoms with van der Waals surface area (Å²) in [7, 11) is 0. The molecule has 104 valence electrons. The number of nitrogen functional groups attached to an aromatic ring is 1. The third-order valence-electron chi connectivity index (χ3n) is 2.47. The van der Waals surface area contributed by atoms with Crippen LogP contribution in [0.15, 0.2) is 30.3 Å². The highest BCUT2D eigenvalue weighted by molar-refractivity contribution is 5.89. The molecule has 0 saturated heterocycles. The predicted octanol–water partition coefficient (Wildman–Crippen LogP) is 3.18. The van der Waals surface area contributed by atoms with Crippen LogP contribution in [0.25, 0.3) is 0 Å². The number of ether oxygens (including phenoxy) is 1. The largest absolute Gasteiger partial charge is 0.478 e. The van der Waals surface area contributed by atoms with Crippen molar-refractivity contribution in [3.63, 3.8) is 0 Å². The molecule has 0 spiro atoms. The summed E-state index contributed by atoms with van der Waals surface area (Å²) in [5, 5.41) is 8.71. The standard InChI is InChI=1S/C13H8F3NO3/c14-7-2-1-3-10(12(7)16)20-11-5-8(15)6(13(18)19)4-9(11)17/h1-5H,17H2,(H,18,19). The molecule has 0 aliphatic heterocycles. The fourth-order valence-electron chi connectivity index (χ4n) is 1.51. The maximum atomic E-state index is 13.5. The quantitative estimate of drug-likeness (QED) is 0.848. The molecule has 2 aromatic carbocycles. The zero-order valence-electron chi connectivity index (χ0n) is 9.86. The van der Waals surface area contributed by atoms with Gasteiger partial charge in [-0.1, -0.05) is 6.07 Å². The van der Waals surface area contributed by atoms with Gasteiger partial charge in [0.15, 0.2) is 17.3 Å². The Morgan fingerprint density at radius 1 is 1.10 bits per heavy atom. The highest BCUT2D eigenvalue weighted by atomic mass is 19.2. The van der Waals surface area contributed by atoms with Gasteiger partial charge >= 0.3 is 5.97 Å². The number of anilines is 1. The molecule has 2 aromatic rings. The third kappa shape index (κ3) is 2.51. The number of halogens is 3. The molecular formula is C13H8F3NO3. The maximum Gasteiger partial charge on any atom is 0.338 e. The molecular weight excluding hydrogens is 275 g/mol. The molecule has 0 radical (unpaired) electrons. The monoisotopic (exact) mass is 283 g/mol. The Bertz CT molecular complexity index is 689. The van der Waals surface area contributed by atoms with Crippen molar-refractivity contribution < 1.29 is 27.8 Å². The molecule has 0 amide bonds. The summed E-state index contributed by atoms with van der Waals surface area (Å²) in [6, 6.07) is 4.75. The van der Waals surface area contributed by atoms with Gasteiger partial charge in [-0.25, -0.2) is 13.6 Å². The Balaban J connectivity index is 2.42. The number of hydrogen-bond acceptors (Lipinski definition) is 3. The van der Waals surface area contributed by atoms with E-state index in [0.717, 1.165) is 18.2 Å². The lowest BCUT2D eigenvalue weighted by atomic mass is 10.1. The van der Waals surface area contributed by atoms with Crippen molar-refractivity contribution in [2.45, 2.75) is 0 Å². The smallest absolute Gasteiger partial charge is 0.338 e. The summed E-state index contributed by atoms with van der Waals surface area (Å²) < 4.78 is 44.8. The zero-order chi connectivity index (χ0) is 14.9. The van der Waals surface area contributed by atoms with Crippen LogP contribution in [0.2, 0.25) is 0 Å². The first-order valence-corrected chi connectivity index (χ1v) is 5.34. The summed E-state index contributed by atoms with van der Waals surface area (Å²) in [4.78, 5) is 10.7. The van der Waals surface area contributed by atoms with Gasteiger partial charge < -0.3 is 15.6 Å². The van der Waals surface area contributed by atoms with Crippen LogP contribution in [0, 0.1) is 17.5 Å². The van der Waals surface area contributed by atoms with Crippen molar-refractivity contribution in [3.05, 3.63) is 53.3 Å². The van der Waals surface area contributed by atoms with Crippen LogP contribution >= 0.6 is 0 Å². The molecule has 0 aromatic heterocycles. The van der Waals surface area contributed by atoms with Crippen molar-refractivity contribution in [2.75, 3.05) is 5.73 Å². The molecule has 0 unspecified atom stereocenters. The zero-order valence-corrected chi connectivity index (χ0v) is 9.86. The van der Waals surface area contributed by atoms with E-state index in [4.69, 9.17) is 15.6 Å². The maximum absolute atomic E-state index is 13.5. The molecule has 7 heteroatoms. The number of aromatic carboxylic acids is 1. The van der Waals surface area contributed by atoms with Crippen molar-refractivity contribution >= 4 is 11.7 Å². The highest BCUT2D eigenvalue weighted by Crippen LogP contribution is 2.32. The number of benzene rings is 2. The summed E-state index contributed by atoms with van der Waals surface area (Å²) in [6.07, 6.45) is 0. The van der Waals surface area contributed by atoms with Crippen molar-refractivity contribution in [2.24, 2.45) is 0 Å². The number of carbonyl (C=O) groups is 1. The van der Waals surface area contributed by atoms with Crippen LogP contribution in [-0.2, 0) is 0 Å². The molecule has 0 atom stereocenters. The van der Waals surface area contributed by atoms with E-state index in [1.165, 1.54) is 6.07 Å². The minimum absolute atomic E-state index is 0.215. The van der Waals surface area contributed by atoms with Gasteiger partial charge in [0.25, 0.3) is 0 Å². The van der Waals surface area contributed by atoms with Crippen molar-refractivity contribution in [1.82, 2.24) is 0 Å². The lowest BCUT2D eigenvalue weighted by Gasteiger charge is -2.10. The van der Waals surface area contributed by atoms with Crippen LogP contribution in [0.4, 0.5) is 18.9 Å². The van der Waals surface area contributed by atoms with Gasteiger partial charge in [0.2, 0.25) is 5.82 Å². The lowest BCUT2D eigenvalue weighted by molar-refractivity contribution is 0.0692. The Morgan fingerprint density at radius 2 is 1.80 bits per heavy atom. The number of carboxylic acid groups (broad SMARTS) is 1. The average Bonchev–Trinajstić information content (AvgIpc) is 2.38. The minimum atomic E-state index is -1.50. The van der Waals surface area contributed by atoms with E-state index in [2.05, 4.69) is 0 Å². The minimum Gasteiger partial charge on any atom is -0.478 e. The Morgan fingerprint density at radius 3 is 2.45 bits per heavy atom. The molecule has 3 N–H and O–H groups in total. The fraction of sp³-hybridized carbons (Fsp3) is 0. The van der Waals surface area contributed by atoms with Gasteiger partial charge in [-0.2, -0.15) is 4.39 Å². The second kappa shape index (κ2) is 5.12. The van der Waals surface area contributed by atoms with Gasteiger partial charge in [0, 0.05) is 6.07 Å². The van der Waals surface area contributed by atoms with Crippen LogP contribution in [0.1, 0.15) is 10.4 Å². The van der Waals surface area contributed by atoms with E-state index < -0.39 is 34.7 Å². The first-order valence-electron chi connectivity index (χ1n) is 5.34. The first-order chi connectivity index (χ1) is 9.40. The van der Waals surface area contributed by atoms with E-state index in [0.29, 0.717) is 6.07 Å². The first kappa shape index (κ1) is 13.7. The highest BCUT2D eigenvalue weighted by Gasteiger charge is 2.17. The van der Waals surface area contributed by atoms with Crippen LogP contribution in [0.3, 0.4) is 0 Å². The topological polar surface area (TPSA) is 72.6 Å². The summed E-state index contributed by atoms with van der Waals surface area (Å²) >= 11 is 0. The summed E-state index contributed by atoms with van der Waals surface area (Å²) in [5.74, 6) is -5.79. The van der Waals surface area contributed by atoms with E-state index in [1.807, 2.05) is 0 Å². The average molecular weight is 283 g/mol. The summed E-state index contributed by atoms with van der Waals surface area (Å²) in [5.41, 5.74) is 4.63. The normalized spacial score (nSPS) is 10.3. The molecule has 20 heavy (non-hydrogen) atoms. The van der Waals surface area contributed by atoms with Crippen LogP contribution < -0.4 is 10.5 Å². The van der Waals surface area contributed by atoms with Gasteiger partial charge in [0.1, 0.15) is 5.82 Å². The molecule has 2 rings (SSSR count). The molecule has 0 heterocycles. The number of carboxylic acids is 1. The Kier molecular flexibility index (Phi) is 3.51. The van der Waals surface area contributed by atoms with E-state index in [-0.39, 0.29) is 11.4 Å². The predicted molar refractivity (Wildman–Crippen MR) is 64.2 cm³/mol. The second-order valence-electron chi connectivity index (χ2n) is 3.83. The number of nitrogens with two attached hydrogens (primary N) is 1. The molecule has 4 nitrogen and oxygen atoms in total. The lowest BCUT2D eigenvalue weighted by Crippen LogP contribution is -2.04. The van der Waals surface area contributed by atoms with Crippen LogP contribution in [-0.4, -0.2) is 11.1 Å². The molecule has 0 saturated carbocycles. The molecule has 0 fully saturated rings. The summed E-state index contributed by atoms with van der Waals surface area (Å²) in [6.45, 7) is 0. The second-order valence-corrected chi connectivity index (χ2v) is 3.83. The van der Waals surface area contributed by atoms with Crippen molar-refractivity contribution in [3.8, 4) is 11.5 Å². The van der Waals surface area contributed by atoms with Gasteiger partial charge in [-0.05, 0) is 18.2 Å². The van der Waals surface area contributed by atoms with E-state index in [9.17, 15) is 18.0 Å². The number of rotatable bonds is 3. The number of hydrogen-bond donors (Lipinski definition) is 2. The Hall–Kier alpha value is -2.70. The van der Waals surface area contributed by atoms with E-state index in [1.54, 1.807) is 0 Å². The third-order valence-corrected chi connectivity index (χ3v) is 2.47. The van der Waals surface area contributed by atoms with Gasteiger partial charge in [-0.3, -0.25) is 0 Å². The van der Waals surface area contributed by atoms with Gasteiger partial charge in [0.05, 0.1) is 11.3 Å². The molecule has 0 aliphatic rings. The van der Waals surface area contributed by atoms with Crippen LogP contribution in [0.5, 0.6) is 11.5 Å². The molecule has 0 bridgehead atoms.